The van der Waals surface area contributed by atoms with Crippen molar-refractivity contribution in [3.05, 3.63) is 17.4 Å². The fourth-order valence-electron chi connectivity index (χ4n) is 2.14. The largest absolute Gasteiger partial charge is 0.385 e. The first kappa shape index (κ1) is 11.6. The molecule has 80 valence electrons. The summed E-state index contributed by atoms with van der Waals surface area (Å²) in [4.78, 5) is 0. The molecule has 0 spiro atoms. The average molecular weight is 194 g/mol. The average Bonchev–Trinajstić information content (AvgIpc) is 1.98. The standard InChI is InChI=1S/C13H22O/c1-10(2)6-7-13(14)8-12(5,9-13)11(3)4/h7,11,14H,8-9H2,1-5H3. The fraction of sp³-hybridized carbons (Fsp3) is 0.769. The lowest BCUT2D eigenvalue weighted by Gasteiger charge is -2.52. The van der Waals surface area contributed by atoms with E-state index < -0.39 is 5.60 Å². The predicted molar refractivity (Wildman–Crippen MR) is 60.1 cm³/mol. The SMILES string of the molecule is CC(C)=C=CC1(O)CC(C)(C(C)C)C1. The summed E-state index contributed by atoms with van der Waals surface area (Å²) in [7, 11) is 0. The Balaban J connectivity index is 2.66. The van der Waals surface area contributed by atoms with E-state index in [0.29, 0.717) is 11.3 Å². The van der Waals surface area contributed by atoms with Crippen LogP contribution in [0.5, 0.6) is 0 Å². The van der Waals surface area contributed by atoms with Crippen LogP contribution in [0, 0.1) is 11.3 Å². The predicted octanol–water partition coefficient (Wildman–Crippen LogP) is 3.29. The molecule has 0 unspecified atom stereocenters. The van der Waals surface area contributed by atoms with Gasteiger partial charge in [-0.3, -0.25) is 0 Å². The Labute approximate surface area is 87.5 Å². The minimum atomic E-state index is -0.587. The molecule has 1 nitrogen and oxygen atoms in total. The Morgan fingerprint density at radius 2 is 1.86 bits per heavy atom. The Kier molecular flexibility index (Phi) is 2.94. The first-order valence-corrected chi connectivity index (χ1v) is 5.41. The van der Waals surface area contributed by atoms with Gasteiger partial charge in [-0.1, -0.05) is 20.8 Å². The minimum absolute atomic E-state index is 0.314. The van der Waals surface area contributed by atoms with E-state index in [1.54, 1.807) is 0 Å². The monoisotopic (exact) mass is 194 g/mol. The molecule has 0 aliphatic heterocycles. The zero-order valence-electron chi connectivity index (χ0n) is 10.0. The maximum Gasteiger partial charge on any atom is 0.0911 e. The van der Waals surface area contributed by atoms with Gasteiger partial charge in [-0.15, -0.1) is 5.73 Å². The van der Waals surface area contributed by atoms with Gasteiger partial charge in [-0.05, 0) is 49.7 Å². The third kappa shape index (κ3) is 2.29. The molecular weight excluding hydrogens is 172 g/mol. The maximum absolute atomic E-state index is 10.1. The normalized spacial score (nSPS) is 36.2. The second-order valence-electron chi connectivity index (χ2n) is 5.55. The third-order valence-electron chi connectivity index (χ3n) is 3.44. The molecule has 0 atom stereocenters. The van der Waals surface area contributed by atoms with Crippen molar-refractivity contribution in [2.75, 3.05) is 0 Å². The van der Waals surface area contributed by atoms with Crippen LogP contribution >= 0.6 is 0 Å². The summed E-state index contributed by atoms with van der Waals surface area (Å²) in [6.45, 7) is 10.7. The summed E-state index contributed by atoms with van der Waals surface area (Å²) in [5.41, 5.74) is 3.96. The van der Waals surface area contributed by atoms with E-state index in [9.17, 15) is 5.11 Å². The molecule has 0 heterocycles. The summed E-state index contributed by atoms with van der Waals surface area (Å²) < 4.78 is 0. The summed E-state index contributed by atoms with van der Waals surface area (Å²) >= 11 is 0. The molecule has 0 aromatic carbocycles. The van der Waals surface area contributed by atoms with Gasteiger partial charge in [0, 0.05) is 0 Å². The molecule has 0 amide bonds. The second kappa shape index (κ2) is 3.56. The van der Waals surface area contributed by atoms with E-state index in [1.807, 2.05) is 19.9 Å². The van der Waals surface area contributed by atoms with E-state index in [1.165, 1.54) is 0 Å². The van der Waals surface area contributed by atoms with Crippen LogP contribution in [0.1, 0.15) is 47.5 Å². The molecule has 1 aliphatic rings. The highest BCUT2D eigenvalue weighted by molar-refractivity contribution is 5.15. The molecule has 1 rings (SSSR count). The Bertz CT molecular complexity index is 270. The molecular formula is C13H22O. The maximum atomic E-state index is 10.1. The van der Waals surface area contributed by atoms with Gasteiger partial charge in [0.15, 0.2) is 0 Å². The van der Waals surface area contributed by atoms with Crippen molar-refractivity contribution in [2.24, 2.45) is 11.3 Å². The highest BCUT2D eigenvalue weighted by Gasteiger charge is 2.50. The lowest BCUT2D eigenvalue weighted by atomic mass is 9.55. The minimum Gasteiger partial charge on any atom is -0.385 e. The van der Waals surface area contributed by atoms with Crippen molar-refractivity contribution in [1.29, 1.82) is 0 Å². The highest BCUT2D eigenvalue weighted by Crippen LogP contribution is 2.53. The summed E-state index contributed by atoms with van der Waals surface area (Å²) in [5.74, 6) is 0.642. The summed E-state index contributed by atoms with van der Waals surface area (Å²) in [6.07, 6.45) is 3.59. The quantitative estimate of drug-likeness (QED) is 0.669. The van der Waals surface area contributed by atoms with Gasteiger partial charge in [0.25, 0.3) is 0 Å². The van der Waals surface area contributed by atoms with Crippen LogP contribution in [-0.4, -0.2) is 10.7 Å². The lowest BCUT2D eigenvalue weighted by Crippen LogP contribution is -2.51. The molecule has 0 bridgehead atoms. The van der Waals surface area contributed by atoms with Gasteiger partial charge >= 0.3 is 0 Å². The Hall–Kier alpha value is -0.520. The molecule has 0 saturated heterocycles. The van der Waals surface area contributed by atoms with Gasteiger partial charge in [-0.2, -0.15) is 0 Å². The zero-order valence-corrected chi connectivity index (χ0v) is 10.0. The van der Waals surface area contributed by atoms with Crippen molar-refractivity contribution in [3.63, 3.8) is 0 Å². The lowest BCUT2D eigenvalue weighted by molar-refractivity contribution is -0.106. The number of rotatable bonds is 2. The van der Waals surface area contributed by atoms with E-state index in [-0.39, 0.29) is 0 Å². The molecule has 0 aromatic heterocycles. The van der Waals surface area contributed by atoms with Crippen molar-refractivity contribution < 1.29 is 5.11 Å². The smallest absolute Gasteiger partial charge is 0.0911 e. The number of hydrogen-bond donors (Lipinski definition) is 1. The fourth-order valence-corrected chi connectivity index (χ4v) is 2.14. The Morgan fingerprint density at radius 1 is 1.36 bits per heavy atom. The van der Waals surface area contributed by atoms with Crippen LogP contribution in [-0.2, 0) is 0 Å². The van der Waals surface area contributed by atoms with E-state index >= 15 is 0 Å². The van der Waals surface area contributed by atoms with E-state index in [0.717, 1.165) is 18.4 Å². The first-order chi connectivity index (χ1) is 6.27. The molecule has 0 aromatic rings. The molecule has 14 heavy (non-hydrogen) atoms. The van der Waals surface area contributed by atoms with Crippen molar-refractivity contribution in [3.8, 4) is 0 Å². The first-order valence-electron chi connectivity index (χ1n) is 5.41. The van der Waals surface area contributed by atoms with Crippen LogP contribution in [0.15, 0.2) is 17.4 Å². The molecule has 1 fully saturated rings. The zero-order chi connectivity index (χ0) is 11.0. The van der Waals surface area contributed by atoms with Gasteiger partial charge in [-0.25, -0.2) is 0 Å². The second-order valence-corrected chi connectivity index (χ2v) is 5.55. The van der Waals surface area contributed by atoms with Crippen LogP contribution in [0.25, 0.3) is 0 Å². The van der Waals surface area contributed by atoms with Crippen molar-refractivity contribution >= 4 is 0 Å². The third-order valence-corrected chi connectivity index (χ3v) is 3.44. The van der Waals surface area contributed by atoms with Gasteiger partial charge in [0.1, 0.15) is 0 Å². The number of aliphatic hydroxyl groups is 1. The molecule has 1 N–H and O–H groups in total. The molecule has 1 aliphatic carbocycles. The highest BCUT2D eigenvalue weighted by atomic mass is 16.3. The Morgan fingerprint density at radius 3 is 2.21 bits per heavy atom. The van der Waals surface area contributed by atoms with Crippen molar-refractivity contribution in [1.82, 2.24) is 0 Å². The van der Waals surface area contributed by atoms with Gasteiger partial charge < -0.3 is 5.11 Å². The van der Waals surface area contributed by atoms with Gasteiger partial charge in [0.2, 0.25) is 0 Å². The topological polar surface area (TPSA) is 20.2 Å². The van der Waals surface area contributed by atoms with E-state index in [2.05, 4.69) is 26.5 Å². The number of hydrogen-bond acceptors (Lipinski definition) is 1. The van der Waals surface area contributed by atoms with Crippen LogP contribution in [0.2, 0.25) is 0 Å². The summed E-state index contributed by atoms with van der Waals surface area (Å²) in [5, 5.41) is 10.1. The van der Waals surface area contributed by atoms with Crippen molar-refractivity contribution in [2.45, 2.75) is 53.1 Å². The molecule has 0 radical (unpaired) electrons. The molecule has 1 saturated carbocycles. The summed E-state index contributed by atoms with van der Waals surface area (Å²) in [6, 6.07) is 0. The molecule has 1 heteroatoms. The van der Waals surface area contributed by atoms with E-state index in [4.69, 9.17) is 0 Å². The van der Waals surface area contributed by atoms with Gasteiger partial charge in [0.05, 0.1) is 5.60 Å². The van der Waals surface area contributed by atoms with Crippen LogP contribution in [0.3, 0.4) is 0 Å². The van der Waals surface area contributed by atoms with Crippen LogP contribution in [0.4, 0.5) is 0 Å². The van der Waals surface area contributed by atoms with Crippen LogP contribution < -0.4 is 0 Å².